The van der Waals surface area contributed by atoms with Crippen molar-refractivity contribution in [2.75, 3.05) is 23.4 Å². The molecule has 0 radical (unpaired) electrons. The van der Waals surface area contributed by atoms with Gasteiger partial charge in [0.1, 0.15) is 5.57 Å². The third-order valence-corrected chi connectivity index (χ3v) is 7.17. The van der Waals surface area contributed by atoms with Crippen LogP contribution in [0.5, 0.6) is 11.5 Å². The van der Waals surface area contributed by atoms with Crippen LogP contribution in [-0.2, 0) is 14.4 Å². The summed E-state index contributed by atoms with van der Waals surface area (Å²) in [6, 6.07) is 13.1. The summed E-state index contributed by atoms with van der Waals surface area (Å²) in [5.41, 5.74) is 0.830. The van der Waals surface area contributed by atoms with Crippen molar-refractivity contribution in [1.29, 1.82) is 0 Å². The molecule has 40 heavy (non-hydrogen) atoms. The summed E-state index contributed by atoms with van der Waals surface area (Å²) in [5, 5.41) is 5.78. The third-order valence-electron chi connectivity index (χ3n) is 5.38. The van der Waals surface area contributed by atoms with Gasteiger partial charge in [0.15, 0.2) is 18.1 Å². The lowest BCUT2D eigenvalue weighted by atomic mass is 10.1. The molecule has 1 aliphatic heterocycles. The number of benzene rings is 3. The fourth-order valence-electron chi connectivity index (χ4n) is 3.63. The van der Waals surface area contributed by atoms with Crippen LogP contribution in [0.15, 0.2) is 60.2 Å². The Kier molecular flexibility index (Phi) is 9.56. The van der Waals surface area contributed by atoms with Gasteiger partial charge in [-0.25, -0.2) is 9.69 Å². The van der Waals surface area contributed by atoms with E-state index in [4.69, 9.17) is 44.3 Å². The van der Waals surface area contributed by atoms with Crippen LogP contribution in [0.4, 0.5) is 16.2 Å². The summed E-state index contributed by atoms with van der Waals surface area (Å²) in [4.78, 5) is 51.6. The highest BCUT2D eigenvalue weighted by atomic mass is 127. The van der Waals surface area contributed by atoms with Crippen LogP contribution in [0.3, 0.4) is 0 Å². The van der Waals surface area contributed by atoms with E-state index in [-0.39, 0.29) is 34.5 Å². The Balaban J connectivity index is 1.58. The fourth-order valence-corrected chi connectivity index (χ4v) is 4.82. The lowest BCUT2D eigenvalue weighted by molar-refractivity contribution is -0.122. The molecule has 5 amide bonds. The topological polar surface area (TPSA) is 114 Å². The summed E-state index contributed by atoms with van der Waals surface area (Å²) >= 11 is 19.9. The number of carbonyl (C=O) groups is 4. The molecule has 2 N–H and O–H groups in total. The molecule has 1 fully saturated rings. The van der Waals surface area contributed by atoms with Crippen molar-refractivity contribution in [3.8, 4) is 11.5 Å². The monoisotopic (exact) mass is 713 g/mol. The fraction of sp³-hybridized carbons (Fsp3) is 0.111. The molecule has 1 heterocycles. The van der Waals surface area contributed by atoms with Crippen molar-refractivity contribution in [2.45, 2.75) is 6.92 Å². The number of hydrogen-bond acceptors (Lipinski definition) is 6. The first-order valence-corrected chi connectivity index (χ1v) is 13.8. The average Bonchev–Trinajstić information content (AvgIpc) is 2.89. The molecule has 0 aromatic heterocycles. The molecule has 0 spiro atoms. The van der Waals surface area contributed by atoms with Crippen LogP contribution < -0.4 is 25.0 Å². The first-order chi connectivity index (χ1) is 19.1. The second-order valence-corrected chi connectivity index (χ2v) is 10.6. The number of nitrogens with zero attached hydrogens (tertiary/aromatic N) is 1. The van der Waals surface area contributed by atoms with Gasteiger partial charge in [-0.15, -0.1) is 0 Å². The van der Waals surface area contributed by atoms with E-state index in [1.165, 1.54) is 24.3 Å². The first-order valence-electron chi connectivity index (χ1n) is 11.6. The van der Waals surface area contributed by atoms with Crippen LogP contribution >= 0.6 is 57.4 Å². The summed E-state index contributed by atoms with van der Waals surface area (Å²) in [7, 11) is 0. The Morgan fingerprint density at radius 3 is 2.40 bits per heavy atom. The first kappa shape index (κ1) is 29.7. The second-order valence-electron chi connectivity index (χ2n) is 8.16. The van der Waals surface area contributed by atoms with Gasteiger partial charge >= 0.3 is 6.03 Å². The van der Waals surface area contributed by atoms with E-state index in [1.54, 1.807) is 43.3 Å². The van der Waals surface area contributed by atoms with Gasteiger partial charge < -0.3 is 14.8 Å². The molecule has 206 valence electrons. The number of barbiturate groups is 1. The normalized spacial score (nSPS) is 14.3. The number of nitrogens with one attached hydrogen (secondary N) is 2. The Hall–Kier alpha value is -3.32. The highest BCUT2D eigenvalue weighted by molar-refractivity contribution is 14.1. The highest BCUT2D eigenvalue weighted by Gasteiger charge is 2.37. The van der Waals surface area contributed by atoms with Crippen LogP contribution in [0.2, 0.25) is 15.1 Å². The molecule has 3 aromatic rings. The maximum Gasteiger partial charge on any atom is 0.335 e. The molecule has 3 aromatic carbocycles. The van der Waals surface area contributed by atoms with Crippen molar-refractivity contribution in [3.05, 3.63) is 84.4 Å². The van der Waals surface area contributed by atoms with Crippen molar-refractivity contribution in [3.63, 3.8) is 0 Å². The van der Waals surface area contributed by atoms with E-state index in [2.05, 4.69) is 10.6 Å². The predicted octanol–water partition coefficient (Wildman–Crippen LogP) is 6.33. The lowest BCUT2D eigenvalue weighted by Gasteiger charge is -2.26. The summed E-state index contributed by atoms with van der Waals surface area (Å²) in [5.74, 6) is -1.51. The maximum absolute atomic E-state index is 13.2. The number of carbonyl (C=O) groups excluding carboxylic acids is 4. The van der Waals surface area contributed by atoms with Crippen LogP contribution in [0.1, 0.15) is 12.5 Å². The van der Waals surface area contributed by atoms with Gasteiger partial charge in [0.05, 0.1) is 25.9 Å². The molecule has 4 rings (SSSR count). The Bertz CT molecular complexity index is 1550. The van der Waals surface area contributed by atoms with Gasteiger partial charge in [0.2, 0.25) is 0 Å². The number of halogens is 4. The molecule has 1 saturated heterocycles. The summed E-state index contributed by atoms with van der Waals surface area (Å²) in [6.45, 7) is 1.75. The molecule has 0 atom stereocenters. The molecule has 0 unspecified atom stereocenters. The van der Waals surface area contributed by atoms with E-state index in [1.807, 2.05) is 22.6 Å². The van der Waals surface area contributed by atoms with Crippen molar-refractivity contribution < 1.29 is 28.7 Å². The minimum absolute atomic E-state index is 0.135. The lowest BCUT2D eigenvalue weighted by Crippen LogP contribution is -2.54. The molecule has 13 heteroatoms. The van der Waals surface area contributed by atoms with Gasteiger partial charge in [-0.3, -0.25) is 19.7 Å². The van der Waals surface area contributed by atoms with Gasteiger partial charge in [-0.05, 0) is 95.8 Å². The number of urea groups is 1. The second kappa shape index (κ2) is 12.9. The molecule has 9 nitrogen and oxygen atoms in total. The largest absolute Gasteiger partial charge is 0.490 e. The minimum Gasteiger partial charge on any atom is -0.490 e. The van der Waals surface area contributed by atoms with Crippen molar-refractivity contribution >= 4 is 98.6 Å². The molecule has 0 saturated carbocycles. The number of ether oxygens (including phenoxy) is 2. The van der Waals surface area contributed by atoms with Crippen LogP contribution in [0, 0.1) is 3.57 Å². The molecular formula is C27H19Cl3IN3O6. The van der Waals surface area contributed by atoms with E-state index >= 15 is 0 Å². The van der Waals surface area contributed by atoms with E-state index < -0.39 is 23.8 Å². The Labute approximate surface area is 257 Å². The van der Waals surface area contributed by atoms with Gasteiger partial charge in [0, 0.05) is 10.7 Å². The van der Waals surface area contributed by atoms with Crippen molar-refractivity contribution in [1.82, 2.24) is 5.32 Å². The smallest absolute Gasteiger partial charge is 0.335 e. The standard InChI is InChI=1S/C27H19Cl3IN3O6/c1-2-39-22-11-14(10-21(31)24(22)40-13-23(35)32-16-5-3-15(28)4-6-16)9-18-25(36)33-27(38)34(26(18)37)17-7-8-19(29)20(30)12-17/h3-12H,2,13H2,1H3,(H,32,35)(H,33,36,38)/b18-9+. The molecule has 0 bridgehead atoms. The SMILES string of the molecule is CCOc1cc(/C=C2\C(=O)NC(=O)N(c3ccc(Cl)c(Cl)c3)C2=O)cc(I)c1OCC(=O)Nc1ccc(Cl)cc1. The maximum atomic E-state index is 13.2. The van der Waals surface area contributed by atoms with Crippen LogP contribution in [-0.4, -0.2) is 37.0 Å². The Morgan fingerprint density at radius 2 is 1.73 bits per heavy atom. The zero-order valence-electron chi connectivity index (χ0n) is 20.6. The Morgan fingerprint density at radius 1 is 1.00 bits per heavy atom. The van der Waals surface area contributed by atoms with E-state index in [0.717, 1.165) is 4.90 Å². The van der Waals surface area contributed by atoms with Crippen molar-refractivity contribution in [2.24, 2.45) is 0 Å². The average molecular weight is 715 g/mol. The summed E-state index contributed by atoms with van der Waals surface area (Å²) in [6.07, 6.45) is 1.33. The molecule has 0 aliphatic carbocycles. The van der Waals surface area contributed by atoms with Gasteiger partial charge in [0.25, 0.3) is 17.7 Å². The van der Waals surface area contributed by atoms with E-state index in [0.29, 0.717) is 31.3 Å². The number of amides is 5. The minimum atomic E-state index is -0.921. The quantitative estimate of drug-likeness (QED) is 0.160. The highest BCUT2D eigenvalue weighted by Crippen LogP contribution is 2.36. The molecule has 1 aliphatic rings. The number of rotatable bonds is 8. The zero-order valence-corrected chi connectivity index (χ0v) is 25.0. The number of imide groups is 2. The third kappa shape index (κ3) is 6.87. The summed E-state index contributed by atoms with van der Waals surface area (Å²) < 4.78 is 12.0. The predicted molar refractivity (Wildman–Crippen MR) is 161 cm³/mol. The van der Waals surface area contributed by atoms with Crippen LogP contribution in [0.25, 0.3) is 6.08 Å². The zero-order chi connectivity index (χ0) is 29.0. The number of hydrogen-bond donors (Lipinski definition) is 2. The van der Waals surface area contributed by atoms with Gasteiger partial charge in [-0.2, -0.15) is 0 Å². The van der Waals surface area contributed by atoms with Gasteiger partial charge in [-0.1, -0.05) is 34.8 Å². The number of anilines is 2. The van der Waals surface area contributed by atoms with E-state index in [9.17, 15) is 19.2 Å². The molecular weight excluding hydrogens is 696 g/mol.